The van der Waals surface area contributed by atoms with Crippen LogP contribution in [0.1, 0.15) is 41.4 Å². The van der Waals surface area contributed by atoms with E-state index in [9.17, 15) is 19.2 Å². The summed E-state index contributed by atoms with van der Waals surface area (Å²) in [5, 5.41) is 0. The van der Waals surface area contributed by atoms with E-state index in [0.717, 1.165) is 11.4 Å². The highest BCUT2D eigenvalue weighted by molar-refractivity contribution is 6.16. The van der Waals surface area contributed by atoms with Gasteiger partial charge in [0.2, 0.25) is 0 Å². The average molecular weight is 511 g/mol. The lowest BCUT2D eigenvalue weighted by Gasteiger charge is -2.04. The number of nitrogen functional groups attached to an aromatic ring is 4. The van der Waals surface area contributed by atoms with Crippen molar-refractivity contribution >= 4 is 46.6 Å². The van der Waals surface area contributed by atoms with Gasteiger partial charge in [0.05, 0.1) is 22.3 Å². The van der Waals surface area contributed by atoms with E-state index >= 15 is 0 Å². The molecule has 8 N–H and O–H groups in total. The summed E-state index contributed by atoms with van der Waals surface area (Å²) < 4.78 is 9.06. The van der Waals surface area contributed by atoms with Crippen LogP contribution in [0.25, 0.3) is 11.1 Å². The molecule has 10 heteroatoms. The molecule has 0 bridgehead atoms. The molecular formula is C28H22N4O6. The number of nitrogens with two attached hydrogens (primary N) is 4. The van der Waals surface area contributed by atoms with Crippen LogP contribution >= 0.6 is 0 Å². The zero-order valence-corrected chi connectivity index (χ0v) is 19.8. The molecule has 2 heterocycles. The Morgan fingerprint density at radius 1 is 0.395 bits per heavy atom. The Morgan fingerprint density at radius 3 is 1.11 bits per heavy atom. The van der Waals surface area contributed by atoms with Crippen molar-refractivity contribution in [1.29, 1.82) is 0 Å². The molecule has 0 aromatic heterocycles. The first-order valence-electron chi connectivity index (χ1n) is 11.2. The number of cyclic esters (lactones) is 4. The molecule has 190 valence electrons. The second kappa shape index (κ2) is 10.5. The minimum Gasteiger partial charge on any atom is -0.399 e. The molecule has 0 radical (unpaired) electrons. The third kappa shape index (κ3) is 5.60. The minimum atomic E-state index is -0.697. The lowest BCUT2D eigenvalue weighted by Crippen LogP contribution is -1.97. The van der Waals surface area contributed by atoms with E-state index in [0.29, 0.717) is 22.5 Å². The summed E-state index contributed by atoms with van der Waals surface area (Å²) in [6.45, 7) is 0. The zero-order valence-electron chi connectivity index (χ0n) is 19.8. The summed E-state index contributed by atoms with van der Waals surface area (Å²) >= 11 is 0. The third-order valence-electron chi connectivity index (χ3n) is 5.47. The van der Waals surface area contributed by atoms with Crippen molar-refractivity contribution in [1.82, 2.24) is 0 Å². The van der Waals surface area contributed by atoms with Crippen molar-refractivity contribution in [2.45, 2.75) is 0 Å². The molecule has 10 nitrogen and oxygen atoms in total. The van der Waals surface area contributed by atoms with Crippen LogP contribution in [-0.2, 0) is 9.47 Å². The molecule has 4 aromatic rings. The monoisotopic (exact) mass is 510 g/mol. The predicted octanol–water partition coefficient (Wildman–Crippen LogP) is 3.68. The maximum atomic E-state index is 11.6. The molecule has 0 fully saturated rings. The van der Waals surface area contributed by atoms with Crippen molar-refractivity contribution in [2.24, 2.45) is 0 Å². The second-order valence-electron chi connectivity index (χ2n) is 8.21. The van der Waals surface area contributed by atoms with Gasteiger partial charge in [-0.3, -0.25) is 0 Å². The van der Waals surface area contributed by atoms with Crippen molar-refractivity contribution in [2.75, 3.05) is 22.9 Å². The topological polar surface area (TPSA) is 191 Å². The van der Waals surface area contributed by atoms with E-state index in [4.69, 9.17) is 22.9 Å². The molecule has 0 atom stereocenters. The summed E-state index contributed by atoms with van der Waals surface area (Å²) in [4.78, 5) is 46.0. The highest BCUT2D eigenvalue weighted by Gasteiger charge is 2.31. The van der Waals surface area contributed by atoms with Crippen LogP contribution in [0.15, 0.2) is 84.9 Å². The van der Waals surface area contributed by atoms with E-state index in [1.807, 2.05) is 6.07 Å². The molecule has 0 amide bonds. The van der Waals surface area contributed by atoms with Crippen LogP contribution in [0.4, 0.5) is 22.7 Å². The van der Waals surface area contributed by atoms with E-state index in [1.54, 1.807) is 54.6 Å². The number of fused-ring (bicyclic) bond motifs is 2. The Morgan fingerprint density at radius 2 is 0.763 bits per heavy atom. The van der Waals surface area contributed by atoms with E-state index < -0.39 is 23.9 Å². The number of anilines is 4. The lowest BCUT2D eigenvalue weighted by atomic mass is 9.97. The predicted molar refractivity (Wildman–Crippen MR) is 142 cm³/mol. The molecule has 0 aliphatic carbocycles. The van der Waals surface area contributed by atoms with Gasteiger partial charge in [0.15, 0.2) is 0 Å². The number of hydrogen-bond acceptors (Lipinski definition) is 10. The highest BCUT2D eigenvalue weighted by atomic mass is 16.6. The smallest absolute Gasteiger partial charge is 0.346 e. The third-order valence-corrected chi connectivity index (χ3v) is 5.47. The fraction of sp³-hybridized carbons (Fsp3) is 0. The van der Waals surface area contributed by atoms with Crippen LogP contribution in [0.5, 0.6) is 0 Å². The number of ether oxygens (including phenoxy) is 2. The van der Waals surface area contributed by atoms with Gasteiger partial charge >= 0.3 is 23.9 Å². The van der Waals surface area contributed by atoms with Gasteiger partial charge < -0.3 is 32.4 Å². The SMILES string of the molecule is Nc1ccc(N)cc1.Nc1cccc(N)c1.O=C1OC(=O)c2cc(-c3ccc4c(c3)C(=O)OC4=O)ccc21. The van der Waals surface area contributed by atoms with Crippen LogP contribution < -0.4 is 22.9 Å². The van der Waals surface area contributed by atoms with Crippen molar-refractivity contribution < 1.29 is 28.7 Å². The maximum absolute atomic E-state index is 11.6. The van der Waals surface area contributed by atoms with Gasteiger partial charge in [-0.2, -0.15) is 0 Å². The van der Waals surface area contributed by atoms with Gasteiger partial charge in [0.25, 0.3) is 0 Å². The highest BCUT2D eigenvalue weighted by Crippen LogP contribution is 2.30. The molecule has 4 aromatic carbocycles. The maximum Gasteiger partial charge on any atom is 0.346 e. The number of esters is 4. The molecule has 0 saturated heterocycles. The Balaban J connectivity index is 0.000000172. The largest absolute Gasteiger partial charge is 0.399 e. The molecule has 0 unspecified atom stereocenters. The summed E-state index contributed by atoms with van der Waals surface area (Å²) in [6, 6.07) is 23.6. The molecule has 2 aliphatic rings. The van der Waals surface area contributed by atoms with Crippen molar-refractivity contribution in [3.63, 3.8) is 0 Å². The van der Waals surface area contributed by atoms with Crippen LogP contribution in [0.2, 0.25) is 0 Å². The molecule has 0 spiro atoms. The minimum absolute atomic E-state index is 0.182. The summed E-state index contributed by atoms with van der Waals surface area (Å²) in [6.07, 6.45) is 0. The van der Waals surface area contributed by atoms with Gasteiger partial charge in [0, 0.05) is 22.7 Å². The Kier molecular flexibility index (Phi) is 7.06. The Bertz CT molecular complexity index is 1470. The van der Waals surface area contributed by atoms with Crippen LogP contribution in [0.3, 0.4) is 0 Å². The Hall–Kier alpha value is -5.64. The van der Waals surface area contributed by atoms with Gasteiger partial charge in [0.1, 0.15) is 0 Å². The normalized spacial score (nSPS) is 12.7. The van der Waals surface area contributed by atoms with E-state index in [1.165, 1.54) is 24.3 Å². The first-order valence-corrected chi connectivity index (χ1v) is 11.2. The number of carbonyl (C=O) groups is 4. The first-order chi connectivity index (χ1) is 18.1. The number of carbonyl (C=O) groups excluding carboxylic acids is 4. The molecule has 6 rings (SSSR count). The fourth-order valence-corrected chi connectivity index (χ4v) is 3.58. The van der Waals surface area contributed by atoms with Gasteiger partial charge in [-0.25, -0.2) is 19.2 Å². The molecule has 38 heavy (non-hydrogen) atoms. The summed E-state index contributed by atoms with van der Waals surface area (Å²) in [5.74, 6) is -2.74. The molecule has 2 aliphatic heterocycles. The number of benzene rings is 4. The fourth-order valence-electron chi connectivity index (χ4n) is 3.58. The quantitative estimate of drug-likeness (QED) is 0.167. The van der Waals surface area contributed by atoms with Gasteiger partial charge in [-0.05, 0) is 77.9 Å². The van der Waals surface area contributed by atoms with Gasteiger partial charge in [-0.15, -0.1) is 0 Å². The van der Waals surface area contributed by atoms with Crippen molar-refractivity contribution in [3.05, 3.63) is 107 Å². The van der Waals surface area contributed by atoms with E-state index in [2.05, 4.69) is 9.47 Å². The van der Waals surface area contributed by atoms with Crippen molar-refractivity contribution in [3.8, 4) is 11.1 Å². The first kappa shape index (κ1) is 25.5. The molecular weight excluding hydrogens is 488 g/mol. The van der Waals surface area contributed by atoms with Crippen LogP contribution in [0, 0.1) is 0 Å². The zero-order chi connectivity index (χ0) is 27.4. The number of hydrogen-bond donors (Lipinski definition) is 4. The molecule has 0 saturated carbocycles. The summed E-state index contributed by atoms with van der Waals surface area (Å²) in [7, 11) is 0. The standard InChI is InChI=1S/C16H6O6.2C6H8N2/c17-13-9-3-1-7(5-11(9)15(19)21-13)8-2-4-10-12(6-8)16(20)22-14(10)18;7-5-1-2-6(8)4-3-5;7-5-2-1-3-6(8)4-5/h1-6H;2*1-4H,7-8H2. The summed E-state index contributed by atoms with van der Waals surface area (Å²) in [5.41, 5.74) is 26.5. The lowest BCUT2D eigenvalue weighted by molar-refractivity contribution is 0.0425. The Labute approximate surface area is 216 Å². The van der Waals surface area contributed by atoms with Gasteiger partial charge in [-0.1, -0.05) is 18.2 Å². The average Bonchev–Trinajstić information content (AvgIpc) is 3.34. The number of rotatable bonds is 1. The van der Waals surface area contributed by atoms with E-state index in [-0.39, 0.29) is 22.3 Å². The second-order valence-corrected chi connectivity index (χ2v) is 8.21. The van der Waals surface area contributed by atoms with Crippen LogP contribution in [-0.4, -0.2) is 23.9 Å².